The van der Waals surface area contributed by atoms with Crippen LogP contribution in [0.5, 0.6) is 0 Å². The van der Waals surface area contributed by atoms with Gasteiger partial charge in [-0.05, 0) is 60.8 Å². The summed E-state index contributed by atoms with van der Waals surface area (Å²) in [5, 5.41) is 0. The number of nitrogens with two attached hydrogens (primary N) is 2. The number of rotatable bonds is 2. The predicted octanol–water partition coefficient (Wildman–Crippen LogP) is 4.36. The van der Waals surface area contributed by atoms with Crippen LogP contribution < -0.4 is 11.5 Å². The van der Waals surface area contributed by atoms with Crippen molar-refractivity contribution >= 4 is 17.7 Å². The Morgan fingerprint density at radius 3 is 2.54 bits per heavy atom. The number of hydrogen-bond acceptors (Lipinski definition) is 3. The number of amides is 1. The number of carbonyl (C=O) groups excluding carboxylic acids is 1. The maximum atomic E-state index is 8.58. The smallest absolute Gasteiger partial charge is 0.204 e. The van der Waals surface area contributed by atoms with Crippen LogP contribution in [0, 0.1) is 12.3 Å². The summed E-state index contributed by atoms with van der Waals surface area (Å²) in [7, 11) is 0. The third-order valence-corrected chi connectivity index (χ3v) is 6.16. The molecule has 1 aromatic heterocycles. The molecule has 24 heavy (non-hydrogen) atoms. The molecule has 1 atom stereocenters. The number of benzene rings is 1. The molecule has 0 radical (unpaired) electrons. The number of hydrogen-bond donors (Lipinski definition) is 2. The number of carbonyl (C=O) groups is 1. The van der Waals surface area contributed by atoms with Gasteiger partial charge < -0.3 is 11.5 Å². The van der Waals surface area contributed by atoms with Crippen molar-refractivity contribution in [2.45, 2.75) is 53.0 Å². The maximum Gasteiger partial charge on any atom is 0.204 e. The van der Waals surface area contributed by atoms with E-state index in [9.17, 15) is 0 Å². The predicted molar refractivity (Wildman–Crippen MR) is 103 cm³/mol. The van der Waals surface area contributed by atoms with Gasteiger partial charge in [-0.25, -0.2) is 0 Å². The van der Waals surface area contributed by atoms with Gasteiger partial charge in [0.2, 0.25) is 6.41 Å². The van der Waals surface area contributed by atoms with E-state index in [1.807, 2.05) is 11.3 Å². The minimum absolute atomic E-state index is 0.0798. The molecule has 0 bridgehead atoms. The third kappa shape index (κ3) is 3.87. The molecule has 0 saturated carbocycles. The Bertz CT molecular complexity index is 716. The van der Waals surface area contributed by atoms with E-state index < -0.39 is 0 Å². The summed E-state index contributed by atoms with van der Waals surface area (Å²) in [6.45, 7) is 9.15. The first-order valence-corrected chi connectivity index (χ1v) is 9.23. The minimum atomic E-state index is 0.0798. The highest BCUT2D eigenvalue weighted by atomic mass is 32.1. The van der Waals surface area contributed by atoms with Crippen LogP contribution in [0.2, 0.25) is 0 Å². The first-order valence-electron chi connectivity index (χ1n) is 8.42. The number of aryl methyl sites for hydroxylation is 1. The topological polar surface area (TPSA) is 69.1 Å². The monoisotopic (exact) mass is 344 g/mol. The normalized spacial score (nSPS) is 16.5. The molecule has 4 heteroatoms. The van der Waals surface area contributed by atoms with E-state index in [4.69, 9.17) is 10.5 Å². The standard InChI is InChI=1S/C19H25NS.CH3NO/c1-12-16-11-19(3,4)10-9-17(16)21-18(12)15-8-6-5-7-14(15)13(2)20;2-1-3/h5-8,13H,9-11,20H2,1-4H3;1H,(H2,2,3)/t13-;/m0./s1. The summed E-state index contributed by atoms with van der Waals surface area (Å²) in [4.78, 5) is 11.6. The van der Waals surface area contributed by atoms with Crippen LogP contribution in [0.3, 0.4) is 0 Å². The van der Waals surface area contributed by atoms with Crippen LogP contribution in [0.1, 0.15) is 54.8 Å². The molecule has 3 nitrogen and oxygen atoms in total. The zero-order valence-electron chi connectivity index (χ0n) is 15.1. The summed E-state index contributed by atoms with van der Waals surface area (Å²) in [5.74, 6) is 0. The first kappa shape index (κ1) is 18.7. The Morgan fingerprint density at radius 2 is 1.92 bits per heavy atom. The Kier molecular flexibility index (Phi) is 5.83. The van der Waals surface area contributed by atoms with Crippen LogP contribution in [0.4, 0.5) is 0 Å². The molecule has 0 unspecified atom stereocenters. The lowest BCUT2D eigenvalue weighted by molar-refractivity contribution is -0.106. The van der Waals surface area contributed by atoms with Gasteiger partial charge >= 0.3 is 0 Å². The fourth-order valence-electron chi connectivity index (χ4n) is 3.42. The van der Waals surface area contributed by atoms with Crippen molar-refractivity contribution < 1.29 is 4.79 Å². The summed E-state index contributed by atoms with van der Waals surface area (Å²) < 4.78 is 0. The van der Waals surface area contributed by atoms with Gasteiger partial charge in [0.25, 0.3) is 0 Å². The molecule has 1 amide bonds. The van der Waals surface area contributed by atoms with Crippen LogP contribution in [0.15, 0.2) is 24.3 Å². The zero-order chi connectivity index (χ0) is 17.9. The Hall–Kier alpha value is -1.65. The van der Waals surface area contributed by atoms with Crippen LogP contribution in [0.25, 0.3) is 10.4 Å². The maximum absolute atomic E-state index is 8.58. The van der Waals surface area contributed by atoms with E-state index in [1.165, 1.54) is 40.8 Å². The molecule has 130 valence electrons. The Balaban J connectivity index is 0.000000647. The van der Waals surface area contributed by atoms with Crippen molar-refractivity contribution in [1.82, 2.24) is 0 Å². The fraction of sp³-hybridized carbons (Fsp3) is 0.450. The van der Waals surface area contributed by atoms with E-state index in [2.05, 4.69) is 57.7 Å². The minimum Gasteiger partial charge on any atom is -0.372 e. The molecule has 1 aliphatic rings. The van der Waals surface area contributed by atoms with Crippen LogP contribution in [-0.2, 0) is 17.6 Å². The van der Waals surface area contributed by atoms with Crippen molar-refractivity contribution in [3.05, 3.63) is 45.8 Å². The van der Waals surface area contributed by atoms with Gasteiger partial charge in [0.05, 0.1) is 0 Å². The molecule has 0 saturated heterocycles. The van der Waals surface area contributed by atoms with Gasteiger partial charge in [0, 0.05) is 15.8 Å². The molecule has 0 aliphatic heterocycles. The van der Waals surface area contributed by atoms with E-state index in [0.29, 0.717) is 5.41 Å². The van der Waals surface area contributed by atoms with E-state index in [-0.39, 0.29) is 12.5 Å². The first-order chi connectivity index (χ1) is 11.3. The third-order valence-electron chi connectivity index (χ3n) is 4.74. The van der Waals surface area contributed by atoms with E-state index >= 15 is 0 Å². The molecule has 2 aromatic rings. The lowest BCUT2D eigenvalue weighted by atomic mass is 9.76. The Morgan fingerprint density at radius 1 is 1.29 bits per heavy atom. The van der Waals surface area contributed by atoms with Gasteiger partial charge in [-0.15, -0.1) is 11.3 Å². The van der Waals surface area contributed by atoms with Gasteiger partial charge in [0.15, 0.2) is 0 Å². The lowest BCUT2D eigenvalue weighted by Gasteiger charge is -2.29. The fourth-order valence-corrected chi connectivity index (χ4v) is 4.79. The molecular formula is C20H28N2OS. The number of fused-ring (bicyclic) bond motifs is 1. The molecule has 1 aromatic carbocycles. The molecule has 3 rings (SSSR count). The molecule has 0 spiro atoms. The number of thiophene rings is 1. The second-order valence-corrected chi connectivity index (χ2v) is 8.42. The Labute approximate surface area is 149 Å². The van der Waals surface area contributed by atoms with Crippen molar-refractivity contribution in [3.8, 4) is 10.4 Å². The van der Waals surface area contributed by atoms with Crippen molar-refractivity contribution in [2.24, 2.45) is 16.9 Å². The van der Waals surface area contributed by atoms with Gasteiger partial charge in [-0.1, -0.05) is 38.1 Å². The quantitative estimate of drug-likeness (QED) is 0.795. The van der Waals surface area contributed by atoms with Crippen LogP contribution in [-0.4, -0.2) is 6.41 Å². The highest BCUT2D eigenvalue weighted by Gasteiger charge is 2.29. The average Bonchev–Trinajstić information content (AvgIpc) is 2.83. The SMILES string of the molecule is Cc1c(-c2ccccc2[C@H](C)N)sc2c1CC(C)(C)CC2.NC=O. The lowest BCUT2D eigenvalue weighted by Crippen LogP contribution is -2.21. The van der Waals surface area contributed by atoms with Crippen molar-refractivity contribution in [3.63, 3.8) is 0 Å². The average molecular weight is 345 g/mol. The molecule has 1 heterocycles. The molecule has 0 fully saturated rings. The van der Waals surface area contributed by atoms with Gasteiger partial charge in [-0.2, -0.15) is 0 Å². The summed E-state index contributed by atoms with van der Waals surface area (Å²) in [5.41, 5.74) is 16.5. The molecular weight excluding hydrogens is 316 g/mol. The van der Waals surface area contributed by atoms with Gasteiger partial charge in [0.1, 0.15) is 0 Å². The highest BCUT2D eigenvalue weighted by molar-refractivity contribution is 7.16. The molecule has 1 aliphatic carbocycles. The second kappa shape index (κ2) is 7.49. The number of primary amides is 1. The summed E-state index contributed by atoms with van der Waals surface area (Å²) in [6, 6.07) is 8.70. The summed E-state index contributed by atoms with van der Waals surface area (Å²) >= 11 is 1.99. The van der Waals surface area contributed by atoms with Crippen LogP contribution >= 0.6 is 11.3 Å². The largest absolute Gasteiger partial charge is 0.372 e. The van der Waals surface area contributed by atoms with E-state index in [1.54, 1.807) is 10.4 Å². The van der Waals surface area contributed by atoms with Crippen molar-refractivity contribution in [2.75, 3.05) is 0 Å². The zero-order valence-corrected chi connectivity index (χ0v) is 15.9. The summed E-state index contributed by atoms with van der Waals surface area (Å²) in [6.07, 6.45) is 3.99. The van der Waals surface area contributed by atoms with E-state index in [0.717, 1.165) is 0 Å². The second-order valence-electron chi connectivity index (χ2n) is 7.31. The molecule has 4 N–H and O–H groups in total. The van der Waals surface area contributed by atoms with Crippen molar-refractivity contribution in [1.29, 1.82) is 0 Å². The van der Waals surface area contributed by atoms with Gasteiger partial charge in [-0.3, -0.25) is 4.79 Å². The highest BCUT2D eigenvalue weighted by Crippen LogP contribution is 2.45.